The summed E-state index contributed by atoms with van der Waals surface area (Å²) in [6.45, 7) is 5.20. The SMILES string of the molecule is CC1=C(C2CC2F)C(=O)CC(C)(C)C1=O. The quantitative estimate of drug-likeness (QED) is 0.665. The number of hydrogen-bond acceptors (Lipinski definition) is 2. The smallest absolute Gasteiger partial charge is 0.165 e. The zero-order valence-corrected chi connectivity index (χ0v) is 9.26. The topological polar surface area (TPSA) is 34.1 Å². The number of ketones is 2. The molecule has 0 aromatic carbocycles. The molecule has 82 valence electrons. The van der Waals surface area contributed by atoms with E-state index in [1.807, 2.05) is 0 Å². The molecule has 0 aromatic heterocycles. The maximum atomic E-state index is 12.9. The monoisotopic (exact) mass is 210 g/mol. The van der Waals surface area contributed by atoms with Gasteiger partial charge in [0.1, 0.15) is 6.17 Å². The van der Waals surface area contributed by atoms with Crippen molar-refractivity contribution in [3.8, 4) is 0 Å². The number of Topliss-reactive ketones (excluding diaryl/α,β-unsaturated/α-hetero) is 2. The first-order chi connectivity index (χ1) is 6.84. The van der Waals surface area contributed by atoms with E-state index in [0.29, 0.717) is 17.6 Å². The third kappa shape index (κ3) is 1.54. The Morgan fingerprint density at radius 1 is 1.33 bits per heavy atom. The summed E-state index contributed by atoms with van der Waals surface area (Å²) in [5.74, 6) is -0.337. The highest BCUT2D eigenvalue weighted by atomic mass is 19.1. The fourth-order valence-electron chi connectivity index (χ4n) is 2.36. The summed E-state index contributed by atoms with van der Waals surface area (Å²) in [6, 6.07) is 0. The number of allylic oxidation sites excluding steroid dienone is 2. The van der Waals surface area contributed by atoms with Gasteiger partial charge < -0.3 is 0 Å². The molecule has 0 bridgehead atoms. The molecule has 0 amide bonds. The van der Waals surface area contributed by atoms with Crippen molar-refractivity contribution in [2.24, 2.45) is 11.3 Å². The van der Waals surface area contributed by atoms with Gasteiger partial charge in [0.25, 0.3) is 0 Å². The van der Waals surface area contributed by atoms with Crippen molar-refractivity contribution in [1.82, 2.24) is 0 Å². The van der Waals surface area contributed by atoms with E-state index in [1.165, 1.54) is 0 Å². The van der Waals surface area contributed by atoms with Gasteiger partial charge in [-0.25, -0.2) is 4.39 Å². The van der Waals surface area contributed by atoms with Crippen molar-refractivity contribution in [2.75, 3.05) is 0 Å². The molecule has 2 nitrogen and oxygen atoms in total. The maximum absolute atomic E-state index is 12.9. The van der Waals surface area contributed by atoms with E-state index in [1.54, 1.807) is 20.8 Å². The molecule has 0 aliphatic heterocycles. The van der Waals surface area contributed by atoms with Crippen LogP contribution < -0.4 is 0 Å². The number of rotatable bonds is 1. The second-order valence-electron chi connectivity index (χ2n) is 5.21. The fourth-order valence-corrected chi connectivity index (χ4v) is 2.36. The molecule has 0 radical (unpaired) electrons. The Hall–Kier alpha value is -0.990. The van der Waals surface area contributed by atoms with E-state index >= 15 is 0 Å². The Morgan fingerprint density at radius 3 is 2.33 bits per heavy atom. The summed E-state index contributed by atoms with van der Waals surface area (Å²) in [4.78, 5) is 23.7. The third-order valence-electron chi connectivity index (χ3n) is 3.35. The molecular formula is C12H15FO2. The molecule has 1 saturated carbocycles. The lowest BCUT2D eigenvalue weighted by Crippen LogP contribution is -2.35. The molecule has 2 rings (SSSR count). The number of hydrogen-bond donors (Lipinski definition) is 0. The van der Waals surface area contributed by atoms with Gasteiger partial charge in [0.05, 0.1) is 0 Å². The molecule has 2 unspecified atom stereocenters. The zero-order valence-electron chi connectivity index (χ0n) is 9.26. The number of alkyl halides is 1. The number of carbonyl (C=O) groups excluding carboxylic acids is 2. The first kappa shape index (κ1) is 10.5. The highest BCUT2D eigenvalue weighted by Crippen LogP contribution is 2.46. The maximum Gasteiger partial charge on any atom is 0.165 e. The van der Waals surface area contributed by atoms with Crippen LogP contribution in [0.4, 0.5) is 4.39 Å². The van der Waals surface area contributed by atoms with E-state index in [4.69, 9.17) is 0 Å². The van der Waals surface area contributed by atoms with Crippen LogP contribution in [0, 0.1) is 11.3 Å². The molecule has 2 atom stereocenters. The van der Waals surface area contributed by atoms with E-state index < -0.39 is 11.6 Å². The third-order valence-corrected chi connectivity index (χ3v) is 3.35. The molecule has 2 aliphatic rings. The second-order valence-corrected chi connectivity index (χ2v) is 5.21. The van der Waals surface area contributed by atoms with Gasteiger partial charge in [-0.05, 0) is 18.9 Å². The minimum atomic E-state index is -0.909. The molecule has 3 heteroatoms. The van der Waals surface area contributed by atoms with Crippen molar-refractivity contribution in [1.29, 1.82) is 0 Å². The molecule has 0 N–H and O–H groups in total. The summed E-state index contributed by atoms with van der Waals surface area (Å²) in [6.07, 6.45) is -0.277. The number of halogens is 1. The number of carbonyl (C=O) groups is 2. The van der Waals surface area contributed by atoms with Crippen LogP contribution in [-0.2, 0) is 9.59 Å². The van der Waals surface area contributed by atoms with Gasteiger partial charge in [0, 0.05) is 23.3 Å². The Morgan fingerprint density at radius 2 is 1.87 bits per heavy atom. The van der Waals surface area contributed by atoms with Gasteiger partial charge in [0.15, 0.2) is 11.6 Å². The van der Waals surface area contributed by atoms with E-state index in [9.17, 15) is 14.0 Å². The van der Waals surface area contributed by atoms with Gasteiger partial charge in [-0.15, -0.1) is 0 Å². The van der Waals surface area contributed by atoms with Crippen molar-refractivity contribution in [3.63, 3.8) is 0 Å². The van der Waals surface area contributed by atoms with Crippen LogP contribution in [0.3, 0.4) is 0 Å². The molecule has 0 spiro atoms. The fraction of sp³-hybridized carbons (Fsp3) is 0.667. The lowest BCUT2D eigenvalue weighted by molar-refractivity contribution is -0.130. The summed E-state index contributed by atoms with van der Waals surface area (Å²) < 4.78 is 12.9. The van der Waals surface area contributed by atoms with Crippen LogP contribution in [0.2, 0.25) is 0 Å². The molecule has 0 heterocycles. The molecule has 0 saturated heterocycles. The Kier molecular flexibility index (Phi) is 2.11. The second kappa shape index (κ2) is 3.00. The van der Waals surface area contributed by atoms with Crippen LogP contribution >= 0.6 is 0 Å². The van der Waals surface area contributed by atoms with Gasteiger partial charge in [-0.1, -0.05) is 13.8 Å². The van der Waals surface area contributed by atoms with E-state index in [2.05, 4.69) is 0 Å². The minimum Gasteiger partial charge on any atom is -0.294 e. The average molecular weight is 210 g/mol. The first-order valence-corrected chi connectivity index (χ1v) is 5.27. The Bertz CT molecular complexity index is 379. The molecule has 0 aromatic rings. The zero-order chi connectivity index (χ0) is 11.4. The summed E-state index contributed by atoms with van der Waals surface area (Å²) in [7, 11) is 0. The summed E-state index contributed by atoms with van der Waals surface area (Å²) in [5, 5.41) is 0. The Balaban J connectivity index is 2.41. The lowest BCUT2D eigenvalue weighted by atomic mass is 9.72. The summed E-state index contributed by atoms with van der Waals surface area (Å²) in [5.41, 5.74) is 0.346. The van der Waals surface area contributed by atoms with Crippen molar-refractivity contribution >= 4 is 11.6 Å². The first-order valence-electron chi connectivity index (χ1n) is 5.27. The van der Waals surface area contributed by atoms with Crippen LogP contribution in [0.1, 0.15) is 33.6 Å². The minimum absolute atomic E-state index is 0.00352. The predicted molar refractivity (Wildman–Crippen MR) is 54.1 cm³/mol. The van der Waals surface area contributed by atoms with Gasteiger partial charge in [-0.2, -0.15) is 0 Å². The summed E-state index contributed by atoms with van der Waals surface area (Å²) >= 11 is 0. The largest absolute Gasteiger partial charge is 0.294 e. The Labute approximate surface area is 88.5 Å². The highest BCUT2D eigenvalue weighted by Gasteiger charge is 2.48. The van der Waals surface area contributed by atoms with Crippen LogP contribution in [0.25, 0.3) is 0 Å². The van der Waals surface area contributed by atoms with Crippen LogP contribution in [0.5, 0.6) is 0 Å². The normalized spacial score (nSPS) is 34.7. The van der Waals surface area contributed by atoms with Crippen LogP contribution in [0.15, 0.2) is 11.1 Å². The predicted octanol–water partition coefficient (Wildman–Crippen LogP) is 2.23. The van der Waals surface area contributed by atoms with Crippen LogP contribution in [-0.4, -0.2) is 17.7 Å². The van der Waals surface area contributed by atoms with E-state index in [0.717, 1.165) is 0 Å². The van der Waals surface area contributed by atoms with Crippen molar-refractivity contribution in [3.05, 3.63) is 11.1 Å². The standard InChI is InChI=1S/C12H15FO2/c1-6-10(7-4-8(7)13)9(14)5-12(2,3)11(6)15/h7-8H,4-5H2,1-3H3. The lowest BCUT2D eigenvalue weighted by Gasteiger charge is -2.29. The molecular weight excluding hydrogens is 195 g/mol. The van der Waals surface area contributed by atoms with Gasteiger partial charge in [0.2, 0.25) is 0 Å². The molecule has 15 heavy (non-hydrogen) atoms. The van der Waals surface area contributed by atoms with Crippen molar-refractivity contribution in [2.45, 2.75) is 39.8 Å². The van der Waals surface area contributed by atoms with Gasteiger partial charge in [-0.3, -0.25) is 9.59 Å². The highest BCUT2D eigenvalue weighted by molar-refractivity contribution is 6.14. The van der Waals surface area contributed by atoms with Crippen molar-refractivity contribution < 1.29 is 14.0 Å². The van der Waals surface area contributed by atoms with Gasteiger partial charge >= 0.3 is 0 Å². The molecule has 2 aliphatic carbocycles. The average Bonchev–Trinajstić information content (AvgIpc) is 2.78. The molecule has 1 fully saturated rings. The van der Waals surface area contributed by atoms with E-state index in [-0.39, 0.29) is 23.9 Å².